The predicted molar refractivity (Wildman–Crippen MR) is 62.4 cm³/mol. The molecule has 2 rings (SSSR count). The zero-order valence-corrected chi connectivity index (χ0v) is 8.59. The van der Waals surface area contributed by atoms with Crippen molar-refractivity contribution in [3.05, 3.63) is 36.2 Å². The third-order valence-electron chi connectivity index (χ3n) is 2.04. The third-order valence-corrected chi connectivity index (χ3v) is 2.04. The first-order valence-corrected chi connectivity index (χ1v) is 4.78. The van der Waals surface area contributed by atoms with Crippen LogP contribution in [0.25, 0.3) is 0 Å². The molecule has 0 aromatic carbocycles. The normalized spacial score (nSPS) is 10.0. The van der Waals surface area contributed by atoms with Crippen molar-refractivity contribution in [3.8, 4) is 0 Å². The number of nitrogens with zero attached hydrogens (tertiary/aromatic N) is 3. The van der Waals surface area contributed by atoms with Crippen molar-refractivity contribution < 1.29 is 0 Å². The first-order valence-electron chi connectivity index (χ1n) is 4.78. The molecule has 6 nitrogen and oxygen atoms in total. The Morgan fingerprint density at radius 2 is 2.06 bits per heavy atom. The lowest BCUT2D eigenvalue weighted by Crippen LogP contribution is -2.06. The highest BCUT2D eigenvalue weighted by Gasteiger charge is 1.99. The maximum atomic E-state index is 5.59. The van der Waals surface area contributed by atoms with Crippen LogP contribution in [-0.4, -0.2) is 15.2 Å². The smallest absolute Gasteiger partial charge is 0.149 e. The molecule has 0 aliphatic heterocycles. The van der Waals surface area contributed by atoms with Crippen LogP contribution in [0.2, 0.25) is 0 Å². The van der Waals surface area contributed by atoms with Crippen molar-refractivity contribution in [2.24, 2.45) is 0 Å². The van der Waals surface area contributed by atoms with Crippen LogP contribution in [0.1, 0.15) is 5.69 Å². The van der Waals surface area contributed by atoms with E-state index in [0.29, 0.717) is 23.9 Å². The Bertz CT molecular complexity index is 470. The Labute approximate surface area is 92.7 Å². The SMILES string of the molecule is Nc1ccc(NCc2cccnn2)nc1N. The first-order chi connectivity index (χ1) is 7.75. The lowest BCUT2D eigenvalue weighted by Gasteiger charge is -2.06. The van der Waals surface area contributed by atoms with Gasteiger partial charge in [0.2, 0.25) is 0 Å². The van der Waals surface area contributed by atoms with Gasteiger partial charge < -0.3 is 16.8 Å². The van der Waals surface area contributed by atoms with Crippen molar-refractivity contribution >= 4 is 17.3 Å². The average molecular weight is 216 g/mol. The Kier molecular flexibility index (Phi) is 2.81. The van der Waals surface area contributed by atoms with Gasteiger partial charge in [0.05, 0.1) is 17.9 Å². The highest BCUT2D eigenvalue weighted by molar-refractivity contribution is 5.61. The van der Waals surface area contributed by atoms with Gasteiger partial charge in [0, 0.05) is 6.20 Å². The number of pyridine rings is 1. The number of nitrogens with one attached hydrogen (secondary N) is 1. The number of rotatable bonds is 3. The number of hydrogen-bond acceptors (Lipinski definition) is 6. The molecule has 0 atom stereocenters. The zero-order chi connectivity index (χ0) is 11.4. The van der Waals surface area contributed by atoms with Gasteiger partial charge in [0.25, 0.3) is 0 Å². The molecular weight excluding hydrogens is 204 g/mol. The van der Waals surface area contributed by atoms with Crippen molar-refractivity contribution in [3.63, 3.8) is 0 Å². The molecule has 2 aromatic rings. The second kappa shape index (κ2) is 4.43. The summed E-state index contributed by atoms with van der Waals surface area (Å²) >= 11 is 0. The Morgan fingerprint density at radius 1 is 1.19 bits per heavy atom. The van der Waals surface area contributed by atoms with Crippen molar-refractivity contribution in [1.82, 2.24) is 15.2 Å². The molecular formula is C10H12N6. The van der Waals surface area contributed by atoms with Gasteiger partial charge in [-0.3, -0.25) is 0 Å². The number of aromatic nitrogens is 3. The standard InChI is InChI=1S/C10H12N6/c11-8-3-4-9(15-10(8)12)13-6-7-2-1-5-14-16-7/h1-5H,6,11H2,(H3,12,13,15). The van der Waals surface area contributed by atoms with E-state index < -0.39 is 0 Å². The maximum absolute atomic E-state index is 5.59. The minimum absolute atomic E-state index is 0.323. The summed E-state index contributed by atoms with van der Waals surface area (Å²) in [5.74, 6) is 0.987. The fourth-order valence-corrected chi connectivity index (χ4v) is 1.19. The van der Waals surface area contributed by atoms with Gasteiger partial charge in [-0.1, -0.05) is 0 Å². The molecule has 0 radical (unpaired) electrons. The summed E-state index contributed by atoms with van der Waals surface area (Å²) in [6, 6.07) is 7.18. The third kappa shape index (κ3) is 2.35. The monoisotopic (exact) mass is 216 g/mol. The minimum atomic E-state index is 0.323. The van der Waals surface area contributed by atoms with Gasteiger partial charge in [-0.2, -0.15) is 10.2 Å². The number of hydrogen-bond donors (Lipinski definition) is 3. The van der Waals surface area contributed by atoms with E-state index in [2.05, 4.69) is 20.5 Å². The van der Waals surface area contributed by atoms with Gasteiger partial charge in [-0.25, -0.2) is 4.98 Å². The predicted octanol–water partition coefficient (Wildman–Crippen LogP) is 0.648. The fraction of sp³-hybridized carbons (Fsp3) is 0.100. The van der Waals surface area contributed by atoms with E-state index in [1.807, 2.05) is 12.1 Å². The molecule has 2 heterocycles. The van der Waals surface area contributed by atoms with Crippen LogP contribution in [0, 0.1) is 0 Å². The van der Waals surface area contributed by atoms with E-state index in [-0.39, 0.29) is 0 Å². The first kappa shape index (κ1) is 10.2. The number of anilines is 3. The summed E-state index contributed by atoms with van der Waals surface area (Å²) in [5, 5.41) is 10.8. The summed E-state index contributed by atoms with van der Waals surface area (Å²) in [6.45, 7) is 0.546. The molecule has 0 aliphatic carbocycles. The molecule has 6 heteroatoms. The van der Waals surface area contributed by atoms with Gasteiger partial charge >= 0.3 is 0 Å². The maximum Gasteiger partial charge on any atom is 0.149 e. The average Bonchev–Trinajstić information content (AvgIpc) is 2.32. The van der Waals surface area contributed by atoms with Crippen molar-refractivity contribution in [2.45, 2.75) is 6.54 Å². The summed E-state index contributed by atoms with van der Waals surface area (Å²) in [6.07, 6.45) is 1.63. The molecule has 82 valence electrons. The summed E-state index contributed by atoms with van der Waals surface area (Å²) in [5.41, 5.74) is 12.5. The Balaban J connectivity index is 2.03. The topological polar surface area (TPSA) is 103 Å². The van der Waals surface area contributed by atoms with Gasteiger partial charge in [-0.15, -0.1) is 0 Å². The van der Waals surface area contributed by atoms with E-state index in [1.54, 1.807) is 18.3 Å². The molecule has 2 aromatic heterocycles. The number of nitrogens with two attached hydrogens (primary N) is 2. The van der Waals surface area contributed by atoms with Crippen LogP contribution in [0.5, 0.6) is 0 Å². The lowest BCUT2D eigenvalue weighted by molar-refractivity contribution is 0.921. The Hall–Kier alpha value is -2.37. The van der Waals surface area contributed by atoms with Crippen molar-refractivity contribution in [1.29, 1.82) is 0 Å². The van der Waals surface area contributed by atoms with Crippen LogP contribution in [-0.2, 0) is 6.54 Å². The van der Waals surface area contributed by atoms with Crippen molar-refractivity contribution in [2.75, 3.05) is 16.8 Å². The summed E-state index contributed by atoms with van der Waals surface area (Å²) < 4.78 is 0. The van der Waals surface area contributed by atoms with Crippen LogP contribution in [0.3, 0.4) is 0 Å². The quantitative estimate of drug-likeness (QED) is 0.696. The van der Waals surface area contributed by atoms with E-state index in [4.69, 9.17) is 11.5 Å². The summed E-state index contributed by atoms with van der Waals surface area (Å²) in [7, 11) is 0. The Morgan fingerprint density at radius 3 is 2.75 bits per heavy atom. The highest BCUT2D eigenvalue weighted by Crippen LogP contribution is 2.14. The largest absolute Gasteiger partial charge is 0.396 e. The fourth-order valence-electron chi connectivity index (χ4n) is 1.19. The van der Waals surface area contributed by atoms with E-state index in [9.17, 15) is 0 Å². The molecule has 0 spiro atoms. The molecule has 16 heavy (non-hydrogen) atoms. The molecule has 5 N–H and O–H groups in total. The van der Waals surface area contributed by atoms with Gasteiger partial charge in [-0.05, 0) is 24.3 Å². The summed E-state index contributed by atoms with van der Waals surface area (Å²) in [4.78, 5) is 4.08. The van der Waals surface area contributed by atoms with E-state index in [1.165, 1.54) is 0 Å². The van der Waals surface area contributed by atoms with Crippen LogP contribution < -0.4 is 16.8 Å². The van der Waals surface area contributed by atoms with Gasteiger partial charge in [0.1, 0.15) is 11.6 Å². The second-order valence-corrected chi connectivity index (χ2v) is 3.24. The number of nitrogen functional groups attached to an aromatic ring is 2. The van der Waals surface area contributed by atoms with E-state index in [0.717, 1.165) is 5.69 Å². The minimum Gasteiger partial charge on any atom is -0.396 e. The molecule has 0 saturated heterocycles. The van der Waals surface area contributed by atoms with Crippen LogP contribution in [0.15, 0.2) is 30.5 Å². The molecule has 0 amide bonds. The highest BCUT2D eigenvalue weighted by atomic mass is 15.1. The molecule has 0 unspecified atom stereocenters. The zero-order valence-electron chi connectivity index (χ0n) is 8.59. The van der Waals surface area contributed by atoms with Gasteiger partial charge in [0.15, 0.2) is 0 Å². The molecule has 0 bridgehead atoms. The second-order valence-electron chi connectivity index (χ2n) is 3.24. The lowest BCUT2D eigenvalue weighted by atomic mass is 10.3. The van der Waals surface area contributed by atoms with Crippen LogP contribution in [0.4, 0.5) is 17.3 Å². The molecule has 0 fully saturated rings. The molecule has 0 saturated carbocycles. The van der Waals surface area contributed by atoms with E-state index >= 15 is 0 Å². The van der Waals surface area contributed by atoms with Crippen LogP contribution >= 0.6 is 0 Å². The molecule has 0 aliphatic rings.